The minimum atomic E-state index is -0.663. The maximum Gasteiger partial charge on any atom is 0.145 e. The molecule has 6 nitrogen and oxygen atoms in total. The fourth-order valence-corrected chi connectivity index (χ4v) is 4.23. The van der Waals surface area contributed by atoms with Crippen LogP contribution < -0.4 is 0 Å². The minimum Gasteiger partial charge on any atom is -0.456 e. The molecule has 0 spiro atoms. The fraction of sp³-hybridized carbons (Fsp3) is 0.154. The molecule has 0 saturated carbocycles. The fourth-order valence-electron chi connectivity index (χ4n) is 2.99. The summed E-state index contributed by atoms with van der Waals surface area (Å²) in [6.07, 6.45) is 8.62. The summed E-state index contributed by atoms with van der Waals surface area (Å²) in [6, 6.07) is 15.0. The number of hydrogen-bond acceptors (Lipinski definition) is 7. The lowest BCUT2D eigenvalue weighted by molar-refractivity contribution is 0.572. The van der Waals surface area contributed by atoms with E-state index in [9.17, 15) is 0 Å². The van der Waals surface area contributed by atoms with E-state index in [4.69, 9.17) is 29.9 Å². The molecule has 0 amide bonds. The van der Waals surface area contributed by atoms with E-state index in [1.165, 1.54) is 6.08 Å². The second kappa shape index (κ2) is 10.7. The van der Waals surface area contributed by atoms with E-state index < -0.39 is 5.92 Å². The summed E-state index contributed by atoms with van der Waals surface area (Å²) in [5.41, 5.74) is 2.21. The van der Waals surface area contributed by atoms with Gasteiger partial charge in [0, 0.05) is 0 Å². The van der Waals surface area contributed by atoms with Crippen LogP contribution in [-0.4, -0.2) is 0 Å². The number of thiophene rings is 1. The van der Waals surface area contributed by atoms with Crippen LogP contribution in [-0.2, 0) is 0 Å². The van der Waals surface area contributed by atoms with Crippen molar-refractivity contribution < 1.29 is 8.83 Å². The van der Waals surface area contributed by atoms with Crippen molar-refractivity contribution in [2.75, 3.05) is 0 Å². The minimum absolute atomic E-state index is 0.0232. The van der Waals surface area contributed by atoms with Crippen molar-refractivity contribution >= 4 is 23.5 Å². The highest BCUT2D eigenvalue weighted by molar-refractivity contribution is 7.19. The zero-order chi connectivity index (χ0) is 23.8. The molecule has 0 aromatic carbocycles. The molecule has 3 aromatic heterocycles. The van der Waals surface area contributed by atoms with Gasteiger partial charge in [0.2, 0.25) is 0 Å². The number of furan rings is 2. The Morgan fingerprint density at radius 3 is 1.94 bits per heavy atom. The Kier molecular flexibility index (Phi) is 7.46. The molecule has 160 valence electrons. The van der Waals surface area contributed by atoms with Crippen molar-refractivity contribution in [2.24, 2.45) is 5.92 Å². The molecule has 0 bridgehead atoms. The highest BCUT2D eigenvalue weighted by atomic mass is 32.1. The molecule has 7 heteroatoms. The summed E-state index contributed by atoms with van der Waals surface area (Å²) < 4.78 is 11.9. The molecule has 0 aliphatic carbocycles. The number of allylic oxidation sites excluding steroid dienone is 4. The van der Waals surface area contributed by atoms with Gasteiger partial charge in [-0.1, -0.05) is 12.2 Å². The van der Waals surface area contributed by atoms with Crippen LogP contribution in [0.2, 0.25) is 0 Å². The van der Waals surface area contributed by atoms with Crippen molar-refractivity contribution in [3.63, 3.8) is 0 Å². The summed E-state index contributed by atoms with van der Waals surface area (Å²) in [5, 5.41) is 35.3. The highest BCUT2D eigenvalue weighted by Gasteiger charge is 2.18. The second-order valence-corrected chi connectivity index (χ2v) is 8.05. The molecule has 3 rings (SSSR count). The van der Waals surface area contributed by atoms with E-state index in [0.29, 0.717) is 17.9 Å². The van der Waals surface area contributed by atoms with Crippen LogP contribution in [0, 0.1) is 65.1 Å². The normalized spacial score (nSPS) is 10.8. The third kappa shape index (κ3) is 5.38. The zero-order valence-corrected chi connectivity index (χ0v) is 18.8. The maximum atomic E-state index is 8.85. The first kappa shape index (κ1) is 23.1. The lowest BCUT2D eigenvalue weighted by Gasteiger charge is -1.96. The Hall–Kier alpha value is -4.56. The molecular formula is C26H18N4O2S. The van der Waals surface area contributed by atoms with E-state index >= 15 is 0 Å². The van der Waals surface area contributed by atoms with Crippen LogP contribution in [0.3, 0.4) is 0 Å². The van der Waals surface area contributed by atoms with E-state index in [0.717, 1.165) is 32.4 Å². The smallest absolute Gasteiger partial charge is 0.145 e. The second-order valence-electron chi connectivity index (χ2n) is 7.03. The molecule has 0 unspecified atom stereocenters. The van der Waals surface area contributed by atoms with Crippen LogP contribution in [0.1, 0.15) is 29.1 Å². The molecule has 3 heterocycles. The van der Waals surface area contributed by atoms with Crippen LogP contribution in [0.5, 0.6) is 0 Å². The van der Waals surface area contributed by atoms with Gasteiger partial charge in [-0.3, -0.25) is 0 Å². The molecule has 0 aliphatic heterocycles. The Morgan fingerprint density at radius 2 is 1.42 bits per heavy atom. The van der Waals surface area contributed by atoms with E-state index in [1.54, 1.807) is 47.8 Å². The van der Waals surface area contributed by atoms with Gasteiger partial charge in [0.25, 0.3) is 0 Å². The van der Waals surface area contributed by atoms with Crippen molar-refractivity contribution in [3.8, 4) is 45.6 Å². The first-order chi connectivity index (χ1) is 16.0. The molecule has 0 fully saturated rings. The monoisotopic (exact) mass is 450 g/mol. The third-order valence-corrected chi connectivity index (χ3v) is 6.30. The molecule has 33 heavy (non-hydrogen) atoms. The van der Waals surface area contributed by atoms with Crippen molar-refractivity contribution in [3.05, 3.63) is 70.7 Å². The Labute approximate surface area is 195 Å². The standard InChI is InChI=1S/C26H18N4O2S/c1-17-18(2)26(24-12-10-22(32-24)8-4-6-20(15-29)16-30)33-25(17)23-11-9-21(31-23)7-3-5-19(13-27)14-28/h3-5,7-12,20H,6H2,1-2H3/b7-3+,8-4+. The number of hydrogen-bond donors (Lipinski definition) is 0. The van der Waals surface area contributed by atoms with Gasteiger partial charge in [0.15, 0.2) is 0 Å². The van der Waals surface area contributed by atoms with E-state index in [1.807, 2.05) is 50.3 Å². The molecule has 0 aliphatic rings. The summed E-state index contributed by atoms with van der Waals surface area (Å²) in [6.45, 7) is 4.07. The van der Waals surface area contributed by atoms with Crippen LogP contribution >= 0.6 is 11.3 Å². The quantitative estimate of drug-likeness (QED) is 0.284. The van der Waals surface area contributed by atoms with Crippen molar-refractivity contribution in [1.29, 1.82) is 21.0 Å². The lowest BCUT2D eigenvalue weighted by Crippen LogP contribution is -1.88. The summed E-state index contributed by atoms with van der Waals surface area (Å²) >= 11 is 1.57. The average Bonchev–Trinajstić information content (AvgIpc) is 3.55. The third-order valence-electron chi connectivity index (χ3n) is 4.88. The van der Waals surface area contributed by atoms with Gasteiger partial charge in [-0.15, -0.1) is 11.3 Å². The van der Waals surface area contributed by atoms with Gasteiger partial charge in [0.1, 0.15) is 46.7 Å². The summed E-state index contributed by atoms with van der Waals surface area (Å²) in [4.78, 5) is 1.99. The first-order valence-electron chi connectivity index (χ1n) is 9.95. The highest BCUT2D eigenvalue weighted by Crippen LogP contribution is 2.42. The van der Waals surface area contributed by atoms with Crippen LogP contribution in [0.15, 0.2) is 56.9 Å². The molecule has 0 N–H and O–H groups in total. The maximum absolute atomic E-state index is 8.85. The van der Waals surface area contributed by atoms with Gasteiger partial charge in [0.05, 0.1) is 21.9 Å². The number of nitriles is 4. The van der Waals surface area contributed by atoms with Crippen LogP contribution in [0.4, 0.5) is 0 Å². The van der Waals surface area contributed by atoms with Crippen molar-refractivity contribution in [2.45, 2.75) is 20.3 Å². The molecular weight excluding hydrogens is 432 g/mol. The Balaban J connectivity index is 1.81. The summed E-state index contributed by atoms with van der Waals surface area (Å²) in [7, 11) is 0. The molecule has 0 atom stereocenters. The molecule has 0 saturated heterocycles. The Morgan fingerprint density at radius 1 is 0.879 bits per heavy atom. The van der Waals surface area contributed by atoms with Gasteiger partial charge < -0.3 is 8.83 Å². The van der Waals surface area contributed by atoms with Crippen molar-refractivity contribution in [1.82, 2.24) is 0 Å². The molecule has 0 radical (unpaired) electrons. The zero-order valence-electron chi connectivity index (χ0n) is 18.0. The van der Waals surface area contributed by atoms with E-state index in [2.05, 4.69) is 0 Å². The Bertz CT molecular complexity index is 1390. The average molecular weight is 451 g/mol. The number of nitrogens with zero attached hydrogens (tertiary/aromatic N) is 4. The van der Waals surface area contributed by atoms with Gasteiger partial charge >= 0.3 is 0 Å². The summed E-state index contributed by atoms with van der Waals surface area (Å²) in [5.74, 6) is 2.06. The van der Waals surface area contributed by atoms with Gasteiger partial charge in [-0.25, -0.2) is 0 Å². The topological polar surface area (TPSA) is 121 Å². The first-order valence-corrected chi connectivity index (χ1v) is 10.8. The van der Waals surface area contributed by atoms with Gasteiger partial charge in [-0.05, 0) is 73.9 Å². The predicted molar refractivity (Wildman–Crippen MR) is 126 cm³/mol. The lowest BCUT2D eigenvalue weighted by atomic mass is 10.1. The SMILES string of the molecule is Cc1c(-c2ccc(/C=C/C=C(C#N)C#N)o2)sc(-c2ccc(/C=C/CC(C#N)C#N)o2)c1C. The van der Waals surface area contributed by atoms with Gasteiger partial charge in [-0.2, -0.15) is 21.0 Å². The number of rotatable bonds is 7. The molecule has 3 aromatic rings. The predicted octanol–water partition coefficient (Wildman–Crippen LogP) is 6.94. The van der Waals surface area contributed by atoms with E-state index in [-0.39, 0.29) is 5.57 Å². The largest absolute Gasteiger partial charge is 0.456 e. The van der Waals surface area contributed by atoms with Crippen LogP contribution in [0.25, 0.3) is 33.4 Å².